The van der Waals surface area contributed by atoms with Crippen molar-refractivity contribution in [2.75, 3.05) is 0 Å². The largest absolute Gasteiger partial charge is 0.342 e. The van der Waals surface area contributed by atoms with E-state index < -0.39 is 0 Å². The first-order chi connectivity index (χ1) is 15.2. The van der Waals surface area contributed by atoms with Crippen LogP contribution in [0.1, 0.15) is 53.3 Å². The summed E-state index contributed by atoms with van der Waals surface area (Å²) in [5.41, 5.74) is 4.69. The monoisotopic (exact) mass is 413 g/mol. The second kappa shape index (κ2) is 7.26. The van der Waals surface area contributed by atoms with Gasteiger partial charge < -0.3 is 4.98 Å². The summed E-state index contributed by atoms with van der Waals surface area (Å²) in [5, 5.41) is 0.980. The van der Waals surface area contributed by atoms with E-state index in [-0.39, 0.29) is 5.82 Å². The summed E-state index contributed by atoms with van der Waals surface area (Å²) in [6.07, 6.45) is 8.52. The van der Waals surface area contributed by atoms with Crippen LogP contribution in [-0.2, 0) is 6.42 Å². The van der Waals surface area contributed by atoms with Crippen molar-refractivity contribution >= 4 is 28.2 Å². The fourth-order valence-electron chi connectivity index (χ4n) is 6.19. The maximum Gasteiger partial charge on any atom is 0.150 e. The molecular formula is C26H24FN3O. The molecule has 2 aromatic heterocycles. The number of H-pyrrole nitrogens is 1. The zero-order chi connectivity index (χ0) is 20.9. The summed E-state index contributed by atoms with van der Waals surface area (Å²) in [6.45, 7) is 0. The maximum absolute atomic E-state index is 13.9. The van der Waals surface area contributed by atoms with Gasteiger partial charge in [-0.15, -0.1) is 0 Å². The number of aromatic amines is 1. The minimum Gasteiger partial charge on any atom is -0.342 e. The van der Waals surface area contributed by atoms with Gasteiger partial charge in [0.1, 0.15) is 17.9 Å². The van der Waals surface area contributed by atoms with Gasteiger partial charge in [-0.1, -0.05) is 0 Å². The number of fused-ring (bicyclic) bond motifs is 4. The lowest BCUT2D eigenvalue weighted by Crippen LogP contribution is -2.17. The zero-order valence-corrected chi connectivity index (χ0v) is 17.2. The Morgan fingerprint density at radius 2 is 1.94 bits per heavy atom. The van der Waals surface area contributed by atoms with E-state index in [1.54, 1.807) is 12.1 Å². The van der Waals surface area contributed by atoms with E-state index in [2.05, 4.69) is 16.0 Å². The number of benzene rings is 2. The molecule has 0 amide bonds. The lowest BCUT2D eigenvalue weighted by Gasteiger charge is -2.29. The molecule has 0 radical (unpaired) electrons. The topological polar surface area (TPSA) is 58.6 Å². The molecule has 2 aromatic carbocycles. The Labute approximate surface area is 179 Å². The van der Waals surface area contributed by atoms with Gasteiger partial charge in [-0.05, 0) is 97.4 Å². The van der Waals surface area contributed by atoms with E-state index >= 15 is 0 Å². The molecule has 6 rings (SSSR count). The van der Waals surface area contributed by atoms with Gasteiger partial charge in [-0.2, -0.15) is 0 Å². The molecule has 0 aliphatic heterocycles. The van der Waals surface area contributed by atoms with Crippen molar-refractivity contribution in [2.24, 2.45) is 17.8 Å². The van der Waals surface area contributed by atoms with Crippen molar-refractivity contribution in [1.29, 1.82) is 0 Å². The van der Waals surface area contributed by atoms with Crippen LogP contribution >= 0.6 is 0 Å². The highest BCUT2D eigenvalue weighted by atomic mass is 19.1. The van der Waals surface area contributed by atoms with Crippen molar-refractivity contribution in [3.63, 3.8) is 0 Å². The van der Waals surface area contributed by atoms with E-state index in [1.807, 2.05) is 24.4 Å². The van der Waals surface area contributed by atoms with Gasteiger partial charge in [0.2, 0.25) is 0 Å². The van der Waals surface area contributed by atoms with Gasteiger partial charge in [-0.25, -0.2) is 9.37 Å². The van der Waals surface area contributed by atoms with Gasteiger partial charge >= 0.3 is 0 Å². The molecule has 2 aliphatic carbocycles. The third kappa shape index (κ3) is 3.23. The van der Waals surface area contributed by atoms with Crippen LogP contribution in [0, 0.1) is 23.6 Å². The van der Waals surface area contributed by atoms with Gasteiger partial charge in [0.05, 0.1) is 16.6 Å². The van der Waals surface area contributed by atoms with E-state index in [1.165, 1.54) is 30.9 Å². The third-order valence-electron chi connectivity index (χ3n) is 7.58. The first kappa shape index (κ1) is 18.7. The number of aldehydes is 1. The first-order valence-corrected chi connectivity index (χ1v) is 11.2. The zero-order valence-electron chi connectivity index (χ0n) is 17.2. The summed E-state index contributed by atoms with van der Waals surface area (Å²) >= 11 is 0. The lowest BCUT2D eigenvalue weighted by atomic mass is 9.76. The molecule has 4 atom stereocenters. The van der Waals surface area contributed by atoms with E-state index in [0.29, 0.717) is 17.4 Å². The fraction of sp³-hybridized carbons (Fsp3) is 0.346. The van der Waals surface area contributed by atoms with Crippen LogP contribution in [0.4, 0.5) is 4.39 Å². The molecule has 4 nitrogen and oxygen atoms in total. The minimum atomic E-state index is -0.186. The quantitative estimate of drug-likeness (QED) is 0.419. The second-order valence-electron chi connectivity index (χ2n) is 9.27. The first-order valence-electron chi connectivity index (χ1n) is 11.2. The van der Waals surface area contributed by atoms with Crippen LogP contribution in [-0.4, -0.2) is 21.2 Å². The number of imidazole rings is 1. The Morgan fingerprint density at radius 3 is 2.77 bits per heavy atom. The summed E-state index contributed by atoms with van der Waals surface area (Å²) in [4.78, 5) is 23.5. The number of nitrogens with one attached hydrogen (secondary N) is 1. The Hall–Kier alpha value is -3.08. The predicted molar refractivity (Wildman–Crippen MR) is 119 cm³/mol. The number of rotatable bonds is 5. The van der Waals surface area contributed by atoms with Crippen LogP contribution in [0.2, 0.25) is 0 Å². The maximum atomic E-state index is 13.9. The fourth-order valence-corrected chi connectivity index (χ4v) is 6.19. The summed E-state index contributed by atoms with van der Waals surface area (Å²) in [5.74, 6) is 3.47. The number of halogens is 1. The van der Waals surface area contributed by atoms with Gasteiger partial charge in [-0.3, -0.25) is 9.78 Å². The number of nitrogens with zero attached hydrogens (tertiary/aromatic N) is 2. The molecule has 2 bridgehead atoms. The van der Waals surface area contributed by atoms with Crippen LogP contribution in [0.15, 0.2) is 48.7 Å². The van der Waals surface area contributed by atoms with Crippen LogP contribution in [0.5, 0.6) is 0 Å². The summed E-state index contributed by atoms with van der Waals surface area (Å²) < 4.78 is 13.9. The summed E-state index contributed by atoms with van der Waals surface area (Å²) in [7, 11) is 0. The normalized spacial score (nSPS) is 24.9. The second-order valence-corrected chi connectivity index (χ2v) is 9.27. The van der Waals surface area contributed by atoms with Crippen molar-refractivity contribution in [1.82, 2.24) is 15.0 Å². The number of carbonyl (C=O) groups is 1. The smallest absolute Gasteiger partial charge is 0.150 e. The van der Waals surface area contributed by atoms with Crippen molar-refractivity contribution in [3.05, 3.63) is 71.4 Å². The average Bonchev–Trinajstić information content (AvgIpc) is 3.50. The van der Waals surface area contributed by atoms with Crippen molar-refractivity contribution < 1.29 is 9.18 Å². The highest BCUT2D eigenvalue weighted by Gasteiger charge is 2.46. The Bertz CT molecular complexity index is 1300. The summed E-state index contributed by atoms with van der Waals surface area (Å²) in [6, 6.07) is 12.6. The third-order valence-corrected chi connectivity index (χ3v) is 7.58. The predicted octanol–water partition coefficient (Wildman–Crippen LogP) is 5.83. The molecule has 0 saturated heterocycles. The molecule has 2 aliphatic rings. The Morgan fingerprint density at radius 1 is 1.03 bits per heavy atom. The number of carbonyl (C=O) groups excluding carboxylic acids is 1. The van der Waals surface area contributed by atoms with Gasteiger partial charge in [0.15, 0.2) is 0 Å². The van der Waals surface area contributed by atoms with E-state index in [0.717, 1.165) is 58.7 Å². The highest BCUT2D eigenvalue weighted by Crippen LogP contribution is 2.57. The average molecular weight is 413 g/mol. The van der Waals surface area contributed by atoms with Crippen molar-refractivity contribution in [3.8, 4) is 0 Å². The molecule has 0 spiro atoms. The Balaban J connectivity index is 1.16. The van der Waals surface area contributed by atoms with Crippen LogP contribution in [0.25, 0.3) is 21.9 Å². The van der Waals surface area contributed by atoms with Crippen molar-refractivity contribution in [2.45, 2.75) is 38.0 Å². The van der Waals surface area contributed by atoms with E-state index in [9.17, 15) is 9.18 Å². The molecule has 2 fully saturated rings. The number of aryl methyl sites for hydroxylation is 1. The molecule has 31 heavy (non-hydrogen) atoms. The van der Waals surface area contributed by atoms with Gasteiger partial charge in [0, 0.05) is 23.6 Å². The highest BCUT2D eigenvalue weighted by molar-refractivity contribution is 5.85. The molecule has 5 heteroatoms. The van der Waals surface area contributed by atoms with Crippen LogP contribution in [0.3, 0.4) is 0 Å². The molecule has 4 aromatic rings. The molecule has 2 saturated carbocycles. The SMILES string of the molecule is O=Cc1ccc2nc(CCC3CC4CC3CC4c3ccnc4ccc(F)cc34)[nH]c2c1. The molecule has 2 heterocycles. The Kier molecular flexibility index (Phi) is 4.37. The van der Waals surface area contributed by atoms with Crippen LogP contribution < -0.4 is 0 Å². The molecular weight excluding hydrogens is 389 g/mol. The molecule has 1 N–H and O–H groups in total. The number of hydrogen-bond acceptors (Lipinski definition) is 3. The van der Waals surface area contributed by atoms with Gasteiger partial charge in [0.25, 0.3) is 0 Å². The molecule has 4 unspecified atom stereocenters. The van der Waals surface area contributed by atoms with E-state index in [4.69, 9.17) is 4.98 Å². The number of pyridine rings is 1. The number of hydrogen-bond donors (Lipinski definition) is 1. The number of aromatic nitrogens is 3. The minimum absolute atomic E-state index is 0.186. The lowest BCUT2D eigenvalue weighted by molar-refractivity contribution is 0.112. The molecule has 156 valence electrons. The standard InChI is InChI=1S/C26H24FN3O/c27-19-3-5-23-22(13-19)20(7-8-28-23)21-12-17-11-18(21)10-16(17)2-6-26-29-24-4-1-15(14-31)9-25(24)30-26/h1,3-5,7-9,13-14,16-18,21H,2,6,10-12H2,(H,29,30).